The number of methoxy groups -OCH3 is 1. The van der Waals surface area contributed by atoms with Gasteiger partial charge >= 0.3 is 0 Å². The molecule has 2 aromatic rings. The van der Waals surface area contributed by atoms with Crippen LogP contribution in [0.2, 0.25) is 0 Å². The van der Waals surface area contributed by atoms with E-state index in [1.807, 2.05) is 6.07 Å². The lowest BCUT2D eigenvalue weighted by atomic mass is 9.67. The largest absolute Gasteiger partial charge is 0.497 e. The molecule has 2 heteroatoms. The Morgan fingerprint density at radius 3 is 2.89 bits per heavy atom. The number of allylic oxidation sites excluding steroid dienone is 2. The quantitative estimate of drug-likeness (QED) is 0.759. The van der Waals surface area contributed by atoms with Crippen LogP contribution in [-0.4, -0.2) is 12.1 Å². The second-order valence-electron chi connectivity index (χ2n) is 6.38. The number of hydrogen-bond acceptors (Lipinski definition) is 1. The van der Waals surface area contributed by atoms with Crippen molar-refractivity contribution in [1.29, 1.82) is 0 Å². The fourth-order valence-electron chi connectivity index (χ4n) is 3.92. The average molecular weight is 253 g/mol. The third-order valence-electron chi connectivity index (χ3n) is 5.06. The van der Waals surface area contributed by atoms with Crippen LogP contribution >= 0.6 is 0 Å². The van der Waals surface area contributed by atoms with Crippen LogP contribution in [0.25, 0.3) is 10.9 Å². The van der Waals surface area contributed by atoms with Crippen molar-refractivity contribution < 1.29 is 4.74 Å². The summed E-state index contributed by atoms with van der Waals surface area (Å²) in [7, 11) is 1.73. The Bertz CT molecular complexity index is 693. The van der Waals surface area contributed by atoms with Crippen LogP contribution in [0, 0.1) is 5.92 Å². The third kappa shape index (κ3) is 1.32. The van der Waals surface area contributed by atoms with E-state index in [0.29, 0.717) is 11.8 Å². The van der Waals surface area contributed by atoms with Crippen LogP contribution in [0.5, 0.6) is 5.75 Å². The minimum absolute atomic E-state index is 0.198. The zero-order valence-electron chi connectivity index (χ0n) is 11.7. The van der Waals surface area contributed by atoms with E-state index in [1.54, 1.807) is 7.11 Å². The van der Waals surface area contributed by atoms with Crippen molar-refractivity contribution in [3.05, 3.63) is 41.6 Å². The molecule has 0 saturated carbocycles. The van der Waals surface area contributed by atoms with Gasteiger partial charge in [0.1, 0.15) is 5.75 Å². The molecule has 0 radical (unpaired) electrons. The summed E-state index contributed by atoms with van der Waals surface area (Å²) in [5.41, 5.74) is 4.34. The van der Waals surface area contributed by atoms with Crippen LogP contribution in [0.15, 0.2) is 30.4 Å². The molecule has 2 aliphatic carbocycles. The molecule has 98 valence electrons. The Kier molecular flexibility index (Phi) is 2.02. The number of rotatable bonds is 1. The fourth-order valence-corrected chi connectivity index (χ4v) is 3.92. The highest BCUT2D eigenvalue weighted by atomic mass is 16.5. The highest BCUT2D eigenvalue weighted by molar-refractivity contribution is 5.88. The molecular formula is C17H19NO. The lowest BCUT2D eigenvalue weighted by Crippen LogP contribution is -2.31. The maximum atomic E-state index is 5.39. The monoisotopic (exact) mass is 253 g/mol. The molecule has 2 aliphatic rings. The van der Waals surface area contributed by atoms with E-state index in [0.717, 1.165) is 5.75 Å². The lowest BCUT2D eigenvalue weighted by Gasteiger charge is -2.37. The van der Waals surface area contributed by atoms with Crippen LogP contribution in [-0.2, 0) is 5.41 Å². The van der Waals surface area contributed by atoms with E-state index in [-0.39, 0.29) is 5.41 Å². The van der Waals surface area contributed by atoms with E-state index >= 15 is 0 Å². The Balaban J connectivity index is 2.06. The molecule has 4 rings (SSSR count). The highest BCUT2D eigenvalue weighted by Gasteiger charge is 2.43. The SMILES string of the molecule is COc1ccc2[nH]c3c(c2c1)C(C)(C)[C@@H]1C=C[C@@H]3C1. The van der Waals surface area contributed by atoms with Gasteiger partial charge in [0, 0.05) is 22.5 Å². The Labute approximate surface area is 113 Å². The molecular weight excluding hydrogens is 234 g/mol. The number of hydrogen-bond donors (Lipinski definition) is 1. The Hall–Kier alpha value is -1.70. The van der Waals surface area contributed by atoms with Gasteiger partial charge in [0.15, 0.2) is 0 Å². The number of fused-ring (bicyclic) bond motifs is 6. The first-order chi connectivity index (χ1) is 9.11. The number of aromatic amines is 1. The molecule has 1 heterocycles. The third-order valence-corrected chi connectivity index (χ3v) is 5.06. The predicted molar refractivity (Wildman–Crippen MR) is 77.9 cm³/mol. The van der Waals surface area contributed by atoms with Gasteiger partial charge in [-0.1, -0.05) is 26.0 Å². The topological polar surface area (TPSA) is 25.0 Å². The second-order valence-corrected chi connectivity index (χ2v) is 6.38. The summed E-state index contributed by atoms with van der Waals surface area (Å²) in [5, 5.41) is 1.33. The maximum Gasteiger partial charge on any atom is 0.119 e. The first-order valence-electron chi connectivity index (χ1n) is 6.99. The van der Waals surface area contributed by atoms with Crippen molar-refractivity contribution in [2.24, 2.45) is 5.92 Å². The lowest BCUT2D eigenvalue weighted by molar-refractivity contribution is 0.343. The van der Waals surface area contributed by atoms with Crippen molar-refractivity contribution in [3.8, 4) is 5.75 Å². The van der Waals surface area contributed by atoms with Gasteiger partial charge in [-0.25, -0.2) is 0 Å². The van der Waals surface area contributed by atoms with E-state index < -0.39 is 0 Å². The van der Waals surface area contributed by atoms with Gasteiger partial charge in [-0.15, -0.1) is 0 Å². The number of H-pyrrole nitrogens is 1. The maximum absolute atomic E-state index is 5.39. The molecule has 0 aliphatic heterocycles. The number of aromatic nitrogens is 1. The van der Waals surface area contributed by atoms with Gasteiger partial charge in [-0.2, -0.15) is 0 Å². The Morgan fingerprint density at radius 2 is 2.11 bits per heavy atom. The molecule has 2 atom stereocenters. The molecule has 0 spiro atoms. The van der Waals surface area contributed by atoms with Crippen molar-refractivity contribution in [2.75, 3.05) is 7.11 Å². The molecule has 0 fully saturated rings. The molecule has 0 unspecified atom stereocenters. The van der Waals surface area contributed by atoms with Crippen LogP contribution < -0.4 is 4.74 Å². The fraction of sp³-hybridized carbons (Fsp3) is 0.412. The summed E-state index contributed by atoms with van der Waals surface area (Å²) in [6.07, 6.45) is 6.04. The van der Waals surface area contributed by atoms with E-state index in [1.165, 1.54) is 28.6 Å². The zero-order chi connectivity index (χ0) is 13.2. The molecule has 2 nitrogen and oxygen atoms in total. The summed E-state index contributed by atoms with van der Waals surface area (Å²) in [6, 6.07) is 6.35. The second kappa shape index (κ2) is 3.44. The summed E-state index contributed by atoms with van der Waals surface area (Å²) in [5.74, 6) is 2.18. The van der Waals surface area contributed by atoms with Crippen molar-refractivity contribution >= 4 is 10.9 Å². The molecule has 1 aromatic carbocycles. The van der Waals surface area contributed by atoms with Gasteiger partial charge in [0.25, 0.3) is 0 Å². The number of nitrogens with one attached hydrogen (secondary N) is 1. The van der Waals surface area contributed by atoms with Gasteiger partial charge in [0.05, 0.1) is 7.11 Å². The van der Waals surface area contributed by atoms with Crippen molar-refractivity contribution in [3.63, 3.8) is 0 Å². The minimum atomic E-state index is 0.198. The molecule has 1 aromatic heterocycles. The van der Waals surface area contributed by atoms with Gasteiger partial charge in [-0.05, 0) is 41.5 Å². The smallest absolute Gasteiger partial charge is 0.119 e. The molecule has 2 bridgehead atoms. The van der Waals surface area contributed by atoms with Gasteiger partial charge in [-0.3, -0.25) is 0 Å². The van der Waals surface area contributed by atoms with Crippen LogP contribution in [0.4, 0.5) is 0 Å². The number of ether oxygens (including phenoxy) is 1. The zero-order valence-corrected chi connectivity index (χ0v) is 11.7. The summed E-state index contributed by atoms with van der Waals surface area (Å²) < 4.78 is 5.39. The summed E-state index contributed by atoms with van der Waals surface area (Å²) >= 11 is 0. The highest BCUT2D eigenvalue weighted by Crippen LogP contribution is 2.53. The van der Waals surface area contributed by atoms with Crippen LogP contribution in [0.1, 0.15) is 37.4 Å². The minimum Gasteiger partial charge on any atom is -0.497 e. The van der Waals surface area contributed by atoms with Crippen molar-refractivity contribution in [2.45, 2.75) is 31.6 Å². The molecule has 0 saturated heterocycles. The van der Waals surface area contributed by atoms with Gasteiger partial charge < -0.3 is 9.72 Å². The standard InChI is InChI=1S/C17H19NO/c1-17(2)11-5-4-10(8-11)16-15(17)13-9-12(19-3)6-7-14(13)18-16/h4-7,9-11,18H,8H2,1-3H3/t10-,11-/m1/s1. The first-order valence-corrected chi connectivity index (χ1v) is 6.99. The molecule has 0 amide bonds. The normalized spacial score (nSPS) is 26.7. The first kappa shape index (κ1) is 11.2. The van der Waals surface area contributed by atoms with E-state index in [4.69, 9.17) is 4.74 Å². The summed E-state index contributed by atoms with van der Waals surface area (Å²) in [6.45, 7) is 4.74. The van der Waals surface area contributed by atoms with Gasteiger partial charge in [0.2, 0.25) is 0 Å². The average Bonchev–Trinajstić information content (AvgIpc) is 3.00. The Morgan fingerprint density at radius 1 is 1.26 bits per heavy atom. The predicted octanol–water partition coefficient (Wildman–Crippen LogP) is 4.13. The van der Waals surface area contributed by atoms with E-state index in [9.17, 15) is 0 Å². The summed E-state index contributed by atoms with van der Waals surface area (Å²) in [4.78, 5) is 3.64. The van der Waals surface area contributed by atoms with Crippen molar-refractivity contribution in [1.82, 2.24) is 4.98 Å². The molecule has 19 heavy (non-hydrogen) atoms. The number of benzene rings is 1. The van der Waals surface area contributed by atoms with E-state index in [2.05, 4.69) is 43.1 Å². The van der Waals surface area contributed by atoms with Crippen LogP contribution in [0.3, 0.4) is 0 Å². The molecule has 1 N–H and O–H groups in total.